The van der Waals surface area contributed by atoms with Crippen molar-refractivity contribution >= 4 is 11.8 Å². The number of ether oxygens (including phenoxy) is 1. The van der Waals surface area contributed by atoms with Gasteiger partial charge in [-0.1, -0.05) is 6.07 Å². The normalized spacial score (nSPS) is 10.9. The number of nitrogens with zero attached hydrogens (tertiary/aromatic N) is 2. The smallest absolute Gasteiger partial charge is 0.237 e. The Labute approximate surface area is 148 Å². The van der Waals surface area contributed by atoms with Crippen LogP contribution in [0.2, 0.25) is 0 Å². The molecule has 1 aromatic rings. The summed E-state index contributed by atoms with van der Waals surface area (Å²) in [6.07, 6.45) is 0. The standard InChI is InChI=1S/C18H28FN3O3/c1-6-22(10-14-7-8-16(25-5)15(19)9-14)18(24)12-21(4)11-17(23)20-13(2)3/h7-9,13H,6,10-12H2,1-5H3,(H,20,23). The van der Waals surface area contributed by atoms with E-state index in [4.69, 9.17) is 4.74 Å². The summed E-state index contributed by atoms with van der Waals surface area (Å²) in [6.45, 7) is 6.71. The van der Waals surface area contributed by atoms with E-state index < -0.39 is 5.82 Å². The second kappa shape index (κ2) is 9.98. The van der Waals surface area contributed by atoms with Gasteiger partial charge in [0, 0.05) is 19.1 Å². The van der Waals surface area contributed by atoms with Crippen LogP contribution in [0, 0.1) is 5.82 Å². The van der Waals surface area contributed by atoms with Gasteiger partial charge < -0.3 is 15.0 Å². The van der Waals surface area contributed by atoms with E-state index in [0.717, 1.165) is 0 Å². The Morgan fingerprint density at radius 1 is 1.28 bits per heavy atom. The van der Waals surface area contributed by atoms with Crippen molar-refractivity contribution in [1.29, 1.82) is 0 Å². The van der Waals surface area contributed by atoms with Crippen molar-refractivity contribution in [1.82, 2.24) is 15.1 Å². The highest BCUT2D eigenvalue weighted by atomic mass is 19.1. The fraction of sp³-hybridized carbons (Fsp3) is 0.556. The molecule has 2 amide bonds. The van der Waals surface area contributed by atoms with Crippen molar-refractivity contribution in [3.63, 3.8) is 0 Å². The van der Waals surface area contributed by atoms with Crippen LogP contribution in [-0.2, 0) is 16.1 Å². The Morgan fingerprint density at radius 3 is 2.48 bits per heavy atom. The summed E-state index contributed by atoms with van der Waals surface area (Å²) >= 11 is 0. The van der Waals surface area contributed by atoms with E-state index >= 15 is 0 Å². The van der Waals surface area contributed by atoms with Crippen LogP contribution in [0.3, 0.4) is 0 Å². The molecule has 0 aliphatic carbocycles. The number of hydrogen-bond acceptors (Lipinski definition) is 4. The molecule has 140 valence electrons. The zero-order valence-corrected chi connectivity index (χ0v) is 15.6. The predicted octanol–water partition coefficient (Wildman–Crippen LogP) is 1.64. The van der Waals surface area contributed by atoms with E-state index in [2.05, 4.69) is 5.32 Å². The number of carbonyl (C=O) groups excluding carboxylic acids is 2. The second-order valence-electron chi connectivity index (χ2n) is 6.27. The lowest BCUT2D eigenvalue weighted by Crippen LogP contribution is -2.43. The maximum absolute atomic E-state index is 13.8. The van der Waals surface area contributed by atoms with E-state index in [1.807, 2.05) is 20.8 Å². The summed E-state index contributed by atoms with van der Waals surface area (Å²) in [6, 6.07) is 4.71. The number of hydrogen-bond donors (Lipinski definition) is 1. The first-order valence-corrected chi connectivity index (χ1v) is 8.34. The Bertz CT molecular complexity index is 593. The van der Waals surface area contributed by atoms with Crippen molar-refractivity contribution in [2.24, 2.45) is 0 Å². The van der Waals surface area contributed by atoms with E-state index in [-0.39, 0.29) is 36.7 Å². The van der Waals surface area contributed by atoms with Crippen LogP contribution in [0.5, 0.6) is 5.75 Å². The summed E-state index contributed by atoms with van der Waals surface area (Å²) < 4.78 is 18.7. The van der Waals surface area contributed by atoms with Crippen LogP contribution in [0.4, 0.5) is 4.39 Å². The van der Waals surface area contributed by atoms with Crippen molar-refractivity contribution in [2.45, 2.75) is 33.4 Å². The number of likely N-dealkylation sites (N-methyl/N-ethyl adjacent to an activating group) is 2. The predicted molar refractivity (Wildman–Crippen MR) is 94.8 cm³/mol. The van der Waals surface area contributed by atoms with Gasteiger partial charge in [-0.25, -0.2) is 4.39 Å². The first-order valence-electron chi connectivity index (χ1n) is 8.34. The van der Waals surface area contributed by atoms with Gasteiger partial charge in [0.05, 0.1) is 20.2 Å². The second-order valence-corrected chi connectivity index (χ2v) is 6.27. The number of benzene rings is 1. The number of nitrogens with one attached hydrogen (secondary N) is 1. The molecule has 25 heavy (non-hydrogen) atoms. The Morgan fingerprint density at radius 2 is 1.96 bits per heavy atom. The maximum atomic E-state index is 13.8. The summed E-state index contributed by atoms with van der Waals surface area (Å²) in [5.41, 5.74) is 0.689. The molecule has 7 heteroatoms. The number of halogens is 1. The van der Waals surface area contributed by atoms with Crippen LogP contribution in [0.25, 0.3) is 0 Å². The van der Waals surface area contributed by atoms with Gasteiger partial charge in [0.25, 0.3) is 0 Å². The van der Waals surface area contributed by atoms with Crippen LogP contribution in [-0.4, -0.2) is 61.4 Å². The minimum Gasteiger partial charge on any atom is -0.494 e. The maximum Gasteiger partial charge on any atom is 0.237 e. The molecule has 0 unspecified atom stereocenters. The molecule has 1 rings (SSSR count). The molecule has 0 saturated carbocycles. The van der Waals surface area contributed by atoms with Gasteiger partial charge in [0.1, 0.15) is 0 Å². The van der Waals surface area contributed by atoms with E-state index in [1.165, 1.54) is 13.2 Å². The third-order valence-corrected chi connectivity index (χ3v) is 3.59. The molecule has 1 aromatic carbocycles. The van der Waals surface area contributed by atoms with Crippen LogP contribution in [0.15, 0.2) is 18.2 Å². The van der Waals surface area contributed by atoms with Crippen molar-refractivity contribution in [3.05, 3.63) is 29.6 Å². The largest absolute Gasteiger partial charge is 0.494 e. The Kier molecular flexibility index (Phi) is 8.34. The zero-order valence-electron chi connectivity index (χ0n) is 15.6. The van der Waals surface area contributed by atoms with Gasteiger partial charge in [0.15, 0.2) is 11.6 Å². The third-order valence-electron chi connectivity index (χ3n) is 3.59. The highest BCUT2D eigenvalue weighted by Gasteiger charge is 2.17. The first-order chi connectivity index (χ1) is 11.8. The number of methoxy groups -OCH3 is 1. The molecule has 0 fully saturated rings. The summed E-state index contributed by atoms with van der Waals surface area (Å²) in [4.78, 5) is 27.5. The van der Waals surface area contributed by atoms with Gasteiger partial charge in [-0.2, -0.15) is 0 Å². The monoisotopic (exact) mass is 353 g/mol. The topological polar surface area (TPSA) is 61.9 Å². The molecular formula is C18H28FN3O3. The molecule has 0 bridgehead atoms. The number of amides is 2. The molecule has 6 nitrogen and oxygen atoms in total. The minimum atomic E-state index is -0.453. The molecule has 1 N–H and O–H groups in total. The molecule has 0 saturated heterocycles. The third kappa shape index (κ3) is 7.09. The highest BCUT2D eigenvalue weighted by Crippen LogP contribution is 2.18. The molecule has 0 aliphatic heterocycles. The van der Waals surface area contributed by atoms with E-state index in [1.54, 1.807) is 29.0 Å². The lowest BCUT2D eigenvalue weighted by Gasteiger charge is -2.24. The molecule has 0 aromatic heterocycles. The lowest BCUT2D eigenvalue weighted by molar-refractivity contribution is -0.133. The van der Waals surface area contributed by atoms with Gasteiger partial charge in [-0.3, -0.25) is 14.5 Å². The average molecular weight is 353 g/mol. The summed E-state index contributed by atoms with van der Waals surface area (Å²) in [5.74, 6) is -0.510. The van der Waals surface area contributed by atoms with Gasteiger partial charge >= 0.3 is 0 Å². The summed E-state index contributed by atoms with van der Waals surface area (Å²) in [7, 11) is 3.13. The van der Waals surface area contributed by atoms with Crippen molar-refractivity contribution in [2.75, 3.05) is 33.8 Å². The Hall–Kier alpha value is -2.15. The summed E-state index contributed by atoms with van der Waals surface area (Å²) in [5, 5.41) is 2.79. The molecule has 0 radical (unpaired) electrons. The average Bonchev–Trinajstić information content (AvgIpc) is 2.51. The van der Waals surface area contributed by atoms with E-state index in [9.17, 15) is 14.0 Å². The fourth-order valence-corrected chi connectivity index (χ4v) is 2.40. The van der Waals surface area contributed by atoms with Crippen molar-refractivity contribution < 1.29 is 18.7 Å². The van der Waals surface area contributed by atoms with Gasteiger partial charge in [-0.15, -0.1) is 0 Å². The molecule has 0 atom stereocenters. The van der Waals surface area contributed by atoms with Crippen molar-refractivity contribution in [3.8, 4) is 5.75 Å². The van der Waals surface area contributed by atoms with Crippen LogP contribution < -0.4 is 10.1 Å². The van der Waals surface area contributed by atoms with E-state index in [0.29, 0.717) is 18.7 Å². The zero-order chi connectivity index (χ0) is 19.0. The first kappa shape index (κ1) is 20.9. The molecule has 0 aliphatic rings. The quantitative estimate of drug-likeness (QED) is 0.733. The minimum absolute atomic E-state index is 0.0636. The molecular weight excluding hydrogens is 325 g/mol. The fourth-order valence-electron chi connectivity index (χ4n) is 2.40. The highest BCUT2D eigenvalue weighted by molar-refractivity contribution is 5.81. The molecule has 0 spiro atoms. The molecule has 0 heterocycles. The van der Waals surface area contributed by atoms with Crippen LogP contribution >= 0.6 is 0 Å². The van der Waals surface area contributed by atoms with Crippen LogP contribution in [0.1, 0.15) is 26.3 Å². The SMILES string of the molecule is CCN(Cc1ccc(OC)c(F)c1)C(=O)CN(C)CC(=O)NC(C)C. The van der Waals surface area contributed by atoms with Gasteiger partial charge in [0.2, 0.25) is 11.8 Å². The van der Waals surface area contributed by atoms with Gasteiger partial charge in [-0.05, 0) is 45.5 Å². The Balaban J connectivity index is 2.62. The lowest BCUT2D eigenvalue weighted by atomic mass is 10.2. The number of carbonyl (C=O) groups is 2. The number of rotatable bonds is 9.